The van der Waals surface area contributed by atoms with Crippen molar-refractivity contribution in [3.63, 3.8) is 0 Å². The second-order valence-electron chi connectivity index (χ2n) is 6.64. The standard InChI is InChI=1S/C18H23N3O2.ClH/c19-15-6-4-2-1-3-5-14(15)18-20-17(21-23-18)13-7-8-16-12(11-13)9-10-22-16;/h7-8,11,14-15H,1-6,9-10,19H2;1H. The van der Waals surface area contributed by atoms with Gasteiger partial charge >= 0.3 is 0 Å². The first-order valence-electron chi connectivity index (χ1n) is 8.66. The van der Waals surface area contributed by atoms with Crippen LogP contribution < -0.4 is 10.5 Å². The maximum atomic E-state index is 6.36. The van der Waals surface area contributed by atoms with Crippen LogP contribution in [-0.4, -0.2) is 22.8 Å². The van der Waals surface area contributed by atoms with Gasteiger partial charge in [-0.15, -0.1) is 12.4 Å². The van der Waals surface area contributed by atoms with Crippen LogP contribution in [0.2, 0.25) is 0 Å². The van der Waals surface area contributed by atoms with Gasteiger partial charge in [0.15, 0.2) is 0 Å². The normalized spacial score (nSPS) is 23.5. The number of hydrogen-bond acceptors (Lipinski definition) is 5. The van der Waals surface area contributed by atoms with Crippen molar-refractivity contribution in [2.75, 3.05) is 6.61 Å². The Bertz CT molecular complexity index is 689. The second kappa shape index (κ2) is 7.53. The Kier molecular flexibility index (Phi) is 5.41. The minimum Gasteiger partial charge on any atom is -0.493 e. The van der Waals surface area contributed by atoms with Crippen molar-refractivity contribution in [1.29, 1.82) is 0 Å². The van der Waals surface area contributed by atoms with Gasteiger partial charge in [-0.1, -0.05) is 30.8 Å². The maximum Gasteiger partial charge on any atom is 0.231 e. The van der Waals surface area contributed by atoms with E-state index in [-0.39, 0.29) is 24.4 Å². The molecule has 1 fully saturated rings. The number of nitrogens with two attached hydrogens (primary N) is 1. The molecule has 0 radical (unpaired) electrons. The Morgan fingerprint density at radius 2 is 1.92 bits per heavy atom. The maximum absolute atomic E-state index is 6.36. The molecular weight excluding hydrogens is 326 g/mol. The average molecular weight is 350 g/mol. The van der Waals surface area contributed by atoms with Crippen LogP contribution in [0.4, 0.5) is 0 Å². The molecule has 130 valence electrons. The summed E-state index contributed by atoms with van der Waals surface area (Å²) in [4.78, 5) is 4.65. The van der Waals surface area contributed by atoms with Crippen molar-refractivity contribution < 1.29 is 9.26 Å². The average Bonchev–Trinajstić information content (AvgIpc) is 3.19. The molecule has 2 N–H and O–H groups in total. The van der Waals surface area contributed by atoms with E-state index in [4.69, 9.17) is 15.0 Å². The Morgan fingerprint density at radius 1 is 1.08 bits per heavy atom. The lowest BCUT2D eigenvalue weighted by Crippen LogP contribution is -2.29. The van der Waals surface area contributed by atoms with Crippen molar-refractivity contribution in [1.82, 2.24) is 10.1 Å². The lowest BCUT2D eigenvalue weighted by Gasteiger charge is -2.22. The molecule has 5 nitrogen and oxygen atoms in total. The van der Waals surface area contributed by atoms with Crippen molar-refractivity contribution in [3.05, 3.63) is 29.7 Å². The first kappa shape index (κ1) is 17.2. The van der Waals surface area contributed by atoms with Gasteiger partial charge in [0.05, 0.1) is 12.5 Å². The van der Waals surface area contributed by atoms with Gasteiger partial charge in [-0.3, -0.25) is 0 Å². The largest absolute Gasteiger partial charge is 0.493 e. The van der Waals surface area contributed by atoms with Crippen LogP contribution in [0.1, 0.15) is 55.9 Å². The smallest absolute Gasteiger partial charge is 0.231 e. The zero-order valence-electron chi connectivity index (χ0n) is 13.7. The molecule has 2 aromatic rings. The fraction of sp³-hybridized carbons (Fsp3) is 0.556. The van der Waals surface area contributed by atoms with Gasteiger partial charge in [0.25, 0.3) is 0 Å². The highest BCUT2D eigenvalue weighted by molar-refractivity contribution is 5.85. The fourth-order valence-electron chi connectivity index (χ4n) is 3.65. The molecule has 2 heterocycles. The third kappa shape index (κ3) is 3.42. The van der Waals surface area contributed by atoms with Crippen molar-refractivity contribution in [3.8, 4) is 17.1 Å². The number of nitrogens with zero attached hydrogens (tertiary/aromatic N) is 2. The third-order valence-corrected chi connectivity index (χ3v) is 5.03. The van der Waals surface area contributed by atoms with Gasteiger partial charge in [-0.25, -0.2) is 0 Å². The Balaban J connectivity index is 0.00000169. The highest BCUT2D eigenvalue weighted by Gasteiger charge is 2.27. The summed E-state index contributed by atoms with van der Waals surface area (Å²) >= 11 is 0. The van der Waals surface area contributed by atoms with Crippen LogP contribution in [0.5, 0.6) is 5.75 Å². The molecule has 1 saturated carbocycles. The van der Waals surface area contributed by atoms with Gasteiger partial charge in [0.1, 0.15) is 5.75 Å². The third-order valence-electron chi connectivity index (χ3n) is 5.03. The quantitative estimate of drug-likeness (QED) is 0.891. The van der Waals surface area contributed by atoms with E-state index >= 15 is 0 Å². The topological polar surface area (TPSA) is 74.2 Å². The van der Waals surface area contributed by atoms with Crippen molar-refractivity contribution in [2.24, 2.45) is 5.73 Å². The van der Waals surface area contributed by atoms with Crippen LogP contribution in [0.15, 0.2) is 22.7 Å². The molecule has 4 rings (SSSR count). The van der Waals surface area contributed by atoms with Crippen LogP contribution in [0.3, 0.4) is 0 Å². The lowest BCUT2D eigenvalue weighted by molar-refractivity contribution is 0.302. The zero-order chi connectivity index (χ0) is 15.6. The minimum atomic E-state index is 0. The van der Waals surface area contributed by atoms with Gasteiger partial charge in [0, 0.05) is 18.0 Å². The molecule has 0 bridgehead atoms. The number of aromatic nitrogens is 2. The predicted octanol–water partition coefficient (Wildman–Crippen LogP) is 3.86. The summed E-state index contributed by atoms with van der Waals surface area (Å²) in [6.45, 7) is 0.757. The molecule has 6 heteroatoms. The first-order valence-corrected chi connectivity index (χ1v) is 8.66. The van der Waals surface area contributed by atoms with Gasteiger partial charge in [-0.2, -0.15) is 4.98 Å². The summed E-state index contributed by atoms with van der Waals surface area (Å²) in [5.74, 6) is 2.52. The summed E-state index contributed by atoms with van der Waals surface area (Å²) in [6, 6.07) is 6.22. The molecule has 1 aliphatic heterocycles. The SMILES string of the molecule is Cl.NC1CCCCCCC1c1nc(-c2ccc3c(c2)CCO3)no1. The number of fused-ring (bicyclic) bond motifs is 1. The molecule has 1 aromatic heterocycles. The molecule has 0 saturated heterocycles. The number of rotatable bonds is 2. The Morgan fingerprint density at radius 3 is 2.79 bits per heavy atom. The molecule has 2 unspecified atom stereocenters. The van der Waals surface area contributed by atoms with Crippen LogP contribution >= 0.6 is 12.4 Å². The van der Waals surface area contributed by atoms with E-state index in [0.29, 0.717) is 11.7 Å². The molecule has 0 amide bonds. The van der Waals surface area contributed by atoms with Crippen molar-refractivity contribution in [2.45, 2.75) is 56.9 Å². The lowest BCUT2D eigenvalue weighted by atomic mass is 9.87. The van der Waals surface area contributed by atoms with Gasteiger partial charge in [0.2, 0.25) is 11.7 Å². The van der Waals surface area contributed by atoms with Crippen LogP contribution in [-0.2, 0) is 6.42 Å². The minimum absolute atomic E-state index is 0. The van der Waals surface area contributed by atoms with E-state index in [1.54, 1.807) is 0 Å². The summed E-state index contributed by atoms with van der Waals surface area (Å²) in [7, 11) is 0. The Hall–Kier alpha value is -1.59. The van der Waals surface area contributed by atoms with Crippen LogP contribution in [0.25, 0.3) is 11.4 Å². The van der Waals surface area contributed by atoms with Gasteiger partial charge in [-0.05, 0) is 36.6 Å². The number of ether oxygens (including phenoxy) is 1. The first-order chi connectivity index (χ1) is 11.3. The second-order valence-corrected chi connectivity index (χ2v) is 6.64. The van der Waals surface area contributed by atoms with E-state index in [1.807, 2.05) is 12.1 Å². The molecule has 24 heavy (non-hydrogen) atoms. The summed E-state index contributed by atoms with van der Waals surface area (Å²) in [5.41, 5.74) is 8.57. The fourth-order valence-corrected chi connectivity index (χ4v) is 3.65. The molecular formula is C18H24ClN3O2. The highest BCUT2D eigenvalue weighted by atomic mass is 35.5. The monoisotopic (exact) mass is 349 g/mol. The van der Waals surface area contributed by atoms with E-state index < -0.39 is 0 Å². The molecule has 0 spiro atoms. The number of halogens is 1. The number of hydrogen-bond donors (Lipinski definition) is 1. The van der Waals surface area contributed by atoms with E-state index in [2.05, 4.69) is 16.2 Å². The zero-order valence-corrected chi connectivity index (χ0v) is 14.6. The van der Waals surface area contributed by atoms with Crippen LogP contribution in [0, 0.1) is 0 Å². The van der Waals surface area contributed by atoms with Gasteiger partial charge < -0.3 is 15.0 Å². The number of benzene rings is 1. The Labute approximate surface area is 148 Å². The summed E-state index contributed by atoms with van der Waals surface area (Å²) in [6.07, 6.45) is 7.97. The summed E-state index contributed by atoms with van der Waals surface area (Å²) in [5, 5.41) is 4.19. The predicted molar refractivity (Wildman–Crippen MR) is 94.6 cm³/mol. The molecule has 1 aromatic carbocycles. The van der Waals surface area contributed by atoms with E-state index in [0.717, 1.165) is 37.2 Å². The molecule has 2 aliphatic rings. The molecule has 2 atom stereocenters. The van der Waals surface area contributed by atoms with Crippen molar-refractivity contribution >= 4 is 12.4 Å². The van der Waals surface area contributed by atoms with E-state index in [9.17, 15) is 0 Å². The summed E-state index contributed by atoms with van der Waals surface area (Å²) < 4.78 is 11.1. The highest BCUT2D eigenvalue weighted by Crippen LogP contribution is 2.32. The van der Waals surface area contributed by atoms with E-state index in [1.165, 1.54) is 31.2 Å². The molecule has 1 aliphatic carbocycles.